The summed E-state index contributed by atoms with van der Waals surface area (Å²) >= 11 is 5.63. The van der Waals surface area contributed by atoms with E-state index in [9.17, 15) is 4.79 Å². The minimum Gasteiger partial charge on any atom is -0.296 e. The summed E-state index contributed by atoms with van der Waals surface area (Å²) in [4.78, 5) is 15.4. The first-order valence-corrected chi connectivity index (χ1v) is 4.66. The van der Waals surface area contributed by atoms with E-state index in [-0.39, 0.29) is 10.7 Å². The maximum Gasteiger partial charge on any atom is 0.255 e. The van der Waals surface area contributed by atoms with Crippen molar-refractivity contribution in [1.82, 2.24) is 9.55 Å². The first-order chi connectivity index (χ1) is 6.65. The van der Waals surface area contributed by atoms with Crippen molar-refractivity contribution in [3.63, 3.8) is 0 Å². The molecule has 1 aromatic rings. The van der Waals surface area contributed by atoms with Crippen LogP contribution in [0.25, 0.3) is 0 Å². The van der Waals surface area contributed by atoms with Crippen LogP contribution < -0.4 is 5.56 Å². The highest BCUT2D eigenvalue weighted by atomic mass is 35.5. The lowest BCUT2D eigenvalue weighted by molar-refractivity contribution is 0.645. The number of nitrogens with zero attached hydrogens (tertiary/aromatic N) is 2. The third kappa shape index (κ3) is 2.61. The van der Waals surface area contributed by atoms with Crippen LogP contribution in [0.15, 0.2) is 10.9 Å². The van der Waals surface area contributed by atoms with Crippen LogP contribution in [0.5, 0.6) is 0 Å². The summed E-state index contributed by atoms with van der Waals surface area (Å²) in [5, 5.41) is 0.241. The Morgan fingerprint density at radius 3 is 2.93 bits per heavy atom. The molecule has 0 aliphatic rings. The lowest BCUT2D eigenvalue weighted by Crippen LogP contribution is -2.22. The Morgan fingerprint density at radius 2 is 2.36 bits per heavy atom. The number of rotatable bonds is 2. The summed E-state index contributed by atoms with van der Waals surface area (Å²) in [5.74, 6) is 6.30. The molecule has 1 heterocycles. The van der Waals surface area contributed by atoms with E-state index in [1.165, 1.54) is 6.07 Å². The topological polar surface area (TPSA) is 34.9 Å². The average molecular weight is 211 g/mol. The van der Waals surface area contributed by atoms with Gasteiger partial charge in [0.2, 0.25) is 0 Å². The fourth-order valence-electron chi connectivity index (χ4n) is 1.15. The molecule has 0 N–H and O–H groups in total. The second-order valence-electron chi connectivity index (χ2n) is 2.79. The standard InChI is InChI=1S/C10H11ClN2O/c1-3-4-5-6-13-8(2)12-9(11)7-10(13)14/h7H,5-6H2,1-2H3. The quantitative estimate of drug-likeness (QED) is 0.549. The summed E-state index contributed by atoms with van der Waals surface area (Å²) in [6.07, 6.45) is 0.653. The van der Waals surface area contributed by atoms with E-state index < -0.39 is 0 Å². The van der Waals surface area contributed by atoms with Gasteiger partial charge in [0.15, 0.2) is 0 Å². The van der Waals surface area contributed by atoms with E-state index in [0.29, 0.717) is 18.8 Å². The van der Waals surface area contributed by atoms with Crippen molar-refractivity contribution < 1.29 is 0 Å². The Kier molecular flexibility index (Phi) is 3.73. The molecule has 74 valence electrons. The van der Waals surface area contributed by atoms with Gasteiger partial charge in [-0.1, -0.05) is 11.6 Å². The van der Waals surface area contributed by atoms with Gasteiger partial charge in [-0.05, 0) is 13.8 Å². The molecule has 1 aromatic heterocycles. The van der Waals surface area contributed by atoms with Gasteiger partial charge >= 0.3 is 0 Å². The van der Waals surface area contributed by atoms with Crippen LogP contribution in [0.3, 0.4) is 0 Å². The Hall–Kier alpha value is -1.27. The van der Waals surface area contributed by atoms with Crippen molar-refractivity contribution >= 4 is 11.6 Å². The van der Waals surface area contributed by atoms with Gasteiger partial charge in [0.05, 0.1) is 0 Å². The molecule has 4 heteroatoms. The Bertz CT molecular complexity index is 440. The van der Waals surface area contributed by atoms with Crippen LogP contribution in [0.2, 0.25) is 5.15 Å². The van der Waals surface area contributed by atoms with Gasteiger partial charge in [-0.3, -0.25) is 9.36 Å². The van der Waals surface area contributed by atoms with E-state index >= 15 is 0 Å². The fourth-order valence-corrected chi connectivity index (χ4v) is 1.37. The van der Waals surface area contributed by atoms with Crippen LogP contribution in [0.4, 0.5) is 0 Å². The largest absolute Gasteiger partial charge is 0.296 e. The second-order valence-corrected chi connectivity index (χ2v) is 3.18. The number of hydrogen-bond acceptors (Lipinski definition) is 2. The van der Waals surface area contributed by atoms with Gasteiger partial charge < -0.3 is 0 Å². The molecule has 0 aliphatic heterocycles. The third-order valence-corrected chi connectivity index (χ3v) is 2.00. The predicted octanol–water partition coefficient (Wildman–Crippen LogP) is 1.62. The normalized spacial score (nSPS) is 9.36. The van der Waals surface area contributed by atoms with E-state index in [2.05, 4.69) is 16.8 Å². The number of aromatic nitrogens is 2. The number of aryl methyl sites for hydroxylation is 1. The predicted molar refractivity (Wildman–Crippen MR) is 56.3 cm³/mol. The van der Waals surface area contributed by atoms with Gasteiger partial charge in [-0.15, -0.1) is 11.8 Å². The third-order valence-electron chi connectivity index (χ3n) is 1.81. The molecule has 14 heavy (non-hydrogen) atoms. The molecule has 0 saturated heterocycles. The zero-order chi connectivity index (χ0) is 10.6. The molecule has 3 nitrogen and oxygen atoms in total. The minimum absolute atomic E-state index is 0.125. The van der Waals surface area contributed by atoms with Crippen LogP contribution in [0.1, 0.15) is 19.2 Å². The first kappa shape index (κ1) is 10.8. The van der Waals surface area contributed by atoms with E-state index in [1.54, 1.807) is 18.4 Å². The van der Waals surface area contributed by atoms with Gasteiger partial charge in [-0.25, -0.2) is 4.98 Å². The lowest BCUT2D eigenvalue weighted by Gasteiger charge is -2.06. The van der Waals surface area contributed by atoms with Crippen molar-refractivity contribution in [2.75, 3.05) is 0 Å². The van der Waals surface area contributed by atoms with Gasteiger partial charge in [0, 0.05) is 19.0 Å². The van der Waals surface area contributed by atoms with E-state index in [1.807, 2.05) is 0 Å². The van der Waals surface area contributed by atoms with Crippen LogP contribution >= 0.6 is 11.6 Å². The van der Waals surface area contributed by atoms with Crippen molar-refractivity contribution in [2.45, 2.75) is 26.8 Å². The number of hydrogen-bond donors (Lipinski definition) is 0. The van der Waals surface area contributed by atoms with E-state index in [0.717, 1.165) is 0 Å². The highest BCUT2D eigenvalue weighted by Crippen LogP contribution is 2.01. The van der Waals surface area contributed by atoms with Crippen molar-refractivity contribution in [1.29, 1.82) is 0 Å². The van der Waals surface area contributed by atoms with Gasteiger partial charge in [0.1, 0.15) is 11.0 Å². The highest BCUT2D eigenvalue weighted by molar-refractivity contribution is 6.29. The van der Waals surface area contributed by atoms with Gasteiger partial charge in [-0.2, -0.15) is 0 Å². The molecule has 0 atom stereocenters. The van der Waals surface area contributed by atoms with Gasteiger partial charge in [0.25, 0.3) is 5.56 Å². The van der Waals surface area contributed by atoms with Crippen LogP contribution in [0, 0.1) is 18.8 Å². The zero-order valence-electron chi connectivity index (χ0n) is 8.17. The van der Waals surface area contributed by atoms with Crippen molar-refractivity contribution in [3.05, 3.63) is 27.4 Å². The molecule has 0 aliphatic carbocycles. The molecule has 0 radical (unpaired) electrons. The smallest absolute Gasteiger partial charge is 0.255 e. The molecule has 0 aromatic carbocycles. The zero-order valence-corrected chi connectivity index (χ0v) is 8.93. The lowest BCUT2D eigenvalue weighted by atomic mass is 10.4. The molecule has 0 fully saturated rings. The summed E-state index contributed by atoms with van der Waals surface area (Å²) < 4.78 is 1.57. The molecule has 1 rings (SSSR count). The fraction of sp³-hybridized carbons (Fsp3) is 0.400. The monoisotopic (exact) mass is 210 g/mol. The minimum atomic E-state index is -0.125. The molecule has 0 saturated carbocycles. The molecule has 0 spiro atoms. The summed E-state index contributed by atoms with van der Waals surface area (Å²) in [6.45, 7) is 4.10. The molecule has 0 unspecified atom stereocenters. The Balaban J connectivity index is 2.95. The number of halogens is 1. The summed E-state index contributed by atoms with van der Waals surface area (Å²) in [6, 6.07) is 1.31. The Morgan fingerprint density at radius 1 is 1.64 bits per heavy atom. The second kappa shape index (κ2) is 4.83. The van der Waals surface area contributed by atoms with Crippen LogP contribution in [-0.2, 0) is 6.54 Å². The molecule has 0 amide bonds. The highest BCUT2D eigenvalue weighted by Gasteiger charge is 2.01. The molecule has 0 bridgehead atoms. The SMILES string of the molecule is CC#CCCn1c(C)nc(Cl)cc1=O. The van der Waals surface area contributed by atoms with E-state index in [4.69, 9.17) is 11.6 Å². The van der Waals surface area contributed by atoms with Crippen molar-refractivity contribution in [3.8, 4) is 11.8 Å². The first-order valence-electron chi connectivity index (χ1n) is 4.28. The Labute approximate surface area is 87.7 Å². The maximum atomic E-state index is 11.4. The van der Waals surface area contributed by atoms with Crippen molar-refractivity contribution in [2.24, 2.45) is 0 Å². The molecular weight excluding hydrogens is 200 g/mol. The maximum absolute atomic E-state index is 11.4. The summed E-state index contributed by atoms with van der Waals surface area (Å²) in [7, 11) is 0. The molecular formula is C10H11ClN2O. The average Bonchev–Trinajstić information content (AvgIpc) is 2.09. The summed E-state index contributed by atoms with van der Waals surface area (Å²) in [5.41, 5.74) is -0.125. The van der Waals surface area contributed by atoms with Crippen LogP contribution in [-0.4, -0.2) is 9.55 Å².